The van der Waals surface area contributed by atoms with E-state index in [2.05, 4.69) is 20.2 Å². The lowest BCUT2D eigenvalue weighted by atomic mass is 10.2. The average molecular weight is 395 g/mol. The summed E-state index contributed by atoms with van der Waals surface area (Å²) in [6.07, 6.45) is 1.52. The van der Waals surface area contributed by atoms with Gasteiger partial charge in [-0.3, -0.25) is 4.79 Å². The number of piperazine rings is 1. The van der Waals surface area contributed by atoms with Gasteiger partial charge in [-0.25, -0.2) is 18.7 Å². The molecule has 1 fully saturated rings. The van der Waals surface area contributed by atoms with Crippen LogP contribution in [-0.2, 0) is 0 Å². The van der Waals surface area contributed by atoms with E-state index in [1.165, 1.54) is 36.5 Å². The number of para-hydroxylation sites is 1. The number of amides is 1. The lowest BCUT2D eigenvalue weighted by Gasteiger charge is -2.36. The third kappa shape index (κ3) is 4.31. The first-order valence-corrected chi connectivity index (χ1v) is 9.24. The van der Waals surface area contributed by atoms with Gasteiger partial charge >= 0.3 is 0 Å². The molecule has 0 aliphatic carbocycles. The summed E-state index contributed by atoms with van der Waals surface area (Å²) < 4.78 is 26.9. The quantitative estimate of drug-likeness (QED) is 0.734. The molecule has 0 bridgehead atoms. The number of aromatic nitrogens is 2. The zero-order chi connectivity index (χ0) is 20.2. The normalized spacial score (nSPS) is 14.0. The van der Waals surface area contributed by atoms with Gasteiger partial charge in [-0.05, 0) is 42.5 Å². The van der Waals surface area contributed by atoms with Gasteiger partial charge in [-0.2, -0.15) is 0 Å². The molecule has 0 radical (unpaired) electrons. The smallest absolute Gasteiger partial charge is 0.274 e. The highest BCUT2D eigenvalue weighted by molar-refractivity contribution is 6.03. The molecule has 2 aromatic carbocycles. The highest BCUT2D eigenvalue weighted by Crippen LogP contribution is 2.19. The van der Waals surface area contributed by atoms with Crippen molar-refractivity contribution in [3.63, 3.8) is 0 Å². The zero-order valence-electron chi connectivity index (χ0n) is 15.6. The number of anilines is 3. The molecule has 2 heterocycles. The Hall–Kier alpha value is -3.55. The second kappa shape index (κ2) is 8.22. The molecule has 0 unspecified atom stereocenters. The van der Waals surface area contributed by atoms with Gasteiger partial charge in [0, 0.05) is 38.1 Å². The van der Waals surface area contributed by atoms with E-state index >= 15 is 0 Å². The monoisotopic (exact) mass is 395 g/mol. The first-order chi connectivity index (χ1) is 14.1. The van der Waals surface area contributed by atoms with Crippen LogP contribution in [0.5, 0.6) is 0 Å². The number of benzene rings is 2. The van der Waals surface area contributed by atoms with Crippen LogP contribution in [0.15, 0.2) is 60.8 Å². The van der Waals surface area contributed by atoms with E-state index in [1.807, 2.05) is 4.90 Å². The van der Waals surface area contributed by atoms with Crippen LogP contribution >= 0.6 is 0 Å². The molecule has 3 aromatic rings. The van der Waals surface area contributed by atoms with E-state index in [-0.39, 0.29) is 17.2 Å². The molecule has 0 saturated carbocycles. The maximum atomic E-state index is 13.8. The largest absolute Gasteiger partial charge is 0.368 e. The molecule has 0 spiro atoms. The summed E-state index contributed by atoms with van der Waals surface area (Å²) in [6, 6.07) is 13.9. The van der Waals surface area contributed by atoms with Gasteiger partial charge in [-0.15, -0.1) is 0 Å². The van der Waals surface area contributed by atoms with Crippen molar-refractivity contribution in [2.75, 3.05) is 41.3 Å². The van der Waals surface area contributed by atoms with Crippen molar-refractivity contribution in [3.05, 3.63) is 78.1 Å². The Morgan fingerprint density at radius 1 is 0.897 bits per heavy atom. The minimum atomic E-state index is -0.507. The van der Waals surface area contributed by atoms with Crippen LogP contribution in [0.1, 0.15) is 10.5 Å². The average Bonchev–Trinajstić information content (AvgIpc) is 2.76. The van der Waals surface area contributed by atoms with E-state index in [0.717, 1.165) is 18.8 Å². The van der Waals surface area contributed by atoms with Crippen LogP contribution in [0, 0.1) is 11.6 Å². The molecule has 6 nitrogen and oxygen atoms in total. The predicted octanol–water partition coefficient (Wildman–Crippen LogP) is 3.33. The number of hydrogen-bond acceptors (Lipinski definition) is 5. The van der Waals surface area contributed by atoms with Crippen molar-refractivity contribution in [1.82, 2.24) is 9.97 Å². The highest BCUT2D eigenvalue weighted by Gasteiger charge is 2.20. The van der Waals surface area contributed by atoms with Gasteiger partial charge in [0.25, 0.3) is 5.91 Å². The number of rotatable bonds is 4. The summed E-state index contributed by atoms with van der Waals surface area (Å²) in [4.78, 5) is 25.2. The molecular formula is C21H19F2N5O. The highest BCUT2D eigenvalue weighted by atomic mass is 19.1. The molecule has 1 aliphatic rings. The number of nitrogens with one attached hydrogen (secondary N) is 1. The Labute approximate surface area is 166 Å². The van der Waals surface area contributed by atoms with E-state index in [1.54, 1.807) is 24.3 Å². The Morgan fingerprint density at radius 3 is 2.31 bits per heavy atom. The number of carbonyl (C=O) groups is 1. The van der Waals surface area contributed by atoms with Gasteiger partial charge in [0.1, 0.15) is 17.3 Å². The maximum absolute atomic E-state index is 13.8. The number of halogens is 2. The number of nitrogens with zero attached hydrogens (tertiary/aromatic N) is 4. The van der Waals surface area contributed by atoms with Crippen LogP contribution in [0.3, 0.4) is 0 Å². The topological polar surface area (TPSA) is 61.4 Å². The standard InChI is InChI=1S/C21H19F2N5O/c22-15-5-7-16(8-6-15)27-11-13-28(14-12-27)21-24-10-9-19(26-21)20(29)25-18-4-2-1-3-17(18)23/h1-10H,11-14H2,(H,25,29). The van der Waals surface area contributed by atoms with Crippen LogP contribution in [-0.4, -0.2) is 42.1 Å². The molecule has 1 aromatic heterocycles. The fourth-order valence-corrected chi connectivity index (χ4v) is 3.19. The van der Waals surface area contributed by atoms with Gasteiger partial charge in [0.15, 0.2) is 0 Å². The first-order valence-electron chi connectivity index (χ1n) is 9.24. The summed E-state index contributed by atoms with van der Waals surface area (Å²) >= 11 is 0. The Balaban J connectivity index is 1.42. The maximum Gasteiger partial charge on any atom is 0.274 e. The fourth-order valence-electron chi connectivity index (χ4n) is 3.19. The summed E-state index contributed by atoms with van der Waals surface area (Å²) in [7, 11) is 0. The number of carbonyl (C=O) groups excluding carboxylic acids is 1. The molecule has 1 aliphatic heterocycles. The molecule has 8 heteroatoms. The summed E-state index contributed by atoms with van der Waals surface area (Å²) in [6.45, 7) is 2.77. The lowest BCUT2D eigenvalue weighted by molar-refractivity contribution is 0.102. The molecular weight excluding hydrogens is 376 g/mol. The van der Waals surface area contributed by atoms with Gasteiger partial charge in [0.05, 0.1) is 5.69 Å². The molecule has 1 amide bonds. The van der Waals surface area contributed by atoms with Crippen molar-refractivity contribution < 1.29 is 13.6 Å². The number of hydrogen-bond donors (Lipinski definition) is 1. The molecule has 1 saturated heterocycles. The van der Waals surface area contributed by atoms with E-state index in [4.69, 9.17) is 0 Å². The van der Waals surface area contributed by atoms with Crippen molar-refractivity contribution in [2.24, 2.45) is 0 Å². The van der Waals surface area contributed by atoms with Crippen molar-refractivity contribution in [3.8, 4) is 0 Å². The van der Waals surface area contributed by atoms with Crippen LogP contribution in [0.4, 0.5) is 26.1 Å². The zero-order valence-corrected chi connectivity index (χ0v) is 15.6. The van der Waals surface area contributed by atoms with Crippen molar-refractivity contribution in [2.45, 2.75) is 0 Å². The lowest BCUT2D eigenvalue weighted by Crippen LogP contribution is -2.47. The minimum Gasteiger partial charge on any atom is -0.368 e. The van der Waals surface area contributed by atoms with Crippen molar-refractivity contribution in [1.29, 1.82) is 0 Å². The Morgan fingerprint density at radius 2 is 1.59 bits per heavy atom. The third-order valence-corrected chi connectivity index (χ3v) is 4.75. The molecule has 29 heavy (non-hydrogen) atoms. The Kier molecular flexibility index (Phi) is 5.33. The van der Waals surface area contributed by atoms with Crippen LogP contribution in [0.2, 0.25) is 0 Å². The fraction of sp³-hybridized carbons (Fsp3) is 0.190. The van der Waals surface area contributed by atoms with Crippen LogP contribution < -0.4 is 15.1 Å². The summed E-state index contributed by atoms with van der Waals surface area (Å²) in [5, 5.41) is 2.53. The molecule has 1 N–H and O–H groups in total. The summed E-state index contributed by atoms with van der Waals surface area (Å²) in [5.41, 5.74) is 1.23. The molecule has 0 atom stereocenters. The minimum absolute atomic E-state index is 0.102. The van der Waals surface area contributed by atoms with E-state index in [9.17, 15) is 13.6 Å². The second-order valence-corrected chi connectivity index (χ2v) is 6.63. The van der Waals surface area contributed by atoms with Gasteiger partial charge in [0.2, 0.25) is 5.95 Å². The van der Waals surface area contributed by atoms with Crippen LogP contribution in [0.25, 0.3) is 0 Å². The molecule has 4 rings (SSSR count). The summed E-state index contributed by atoms with van der Waals surface area (Å²) in [5.74, 6) is -0.813. The van der Waals surface area contributed by atoms with Gasteiger partial charge < -0.3 is 15.1 Å². The molecule has 148 valence electrons. The second-order valence-electron chi connectivity index (χ2n) is 6.63. The SMILES string of the molecule is O=C(Nc1ccccc1F)c1ccnc(N2CCN(c3ccc(F)cc3)CC2)n1. The Bertz CT molecular complexity index is 1000. The predicted molar refractivity (Wildman–Crippen MR) is 107 cm³/mol. The van der Waals surface area contributed by atoms with E-state index in [0.29, 0.717) is 19.0 Å². The van der Waals surface area contributed by atoms with Gasteiger partial charge in [-0.1, -0.05) is 12.1 Å². The first kappa shape index (κ1) is 18.8. The van der Waals surface area contributed by atoms with Crippen molar-refractivity contribution >= 4 is 23.2 Å². The third-order valence-electron chi connectivity index (χ3n) is 4.75. The van der Waals surface area contributed by atoms with E-state index < -0.39 is 11.7 Å².